The molecule has 1 N–H and O–H groups in total. The molecule has 0 bridgehead atoms. The van der Waals surface area contributed by atoms with Crippen LogP contribution in [0.1, 0.15) is 45.5 Å². The number of hydrogen-bond acceptors (Lipinski definition) is 3. The van der Waals surface area contributed by atoms with Crippen molar-refractivity contribution in [1.82, 2.24) is 20.0 Å². The molecule has 1 aromatic heterocycles. The van der Waals surface area contributed by atoms with Crippen molar-refractivity contribution in [3.8, 4) is 0 Å². The van der Waals surface area contributed by atoms with Crippen LogP contribution in [0.2, 0.25) is 0 Å². The molecule has 4 heteroatoms. The minimum atomic E-state index is 0.577. The van der Waals surface area contributed by atoms with Crippen LogP contribution in [-0.2, 0) is 19.5 Å². The van der Waals surface area contributed by atoms with Gasteiger partial charge in [0.25, 0.3) is 0 Å². The van der Waals surface area contributed by atoms with Crippen molar-refractivity contribution in [2.24, 2.45) is 0 Å². The molecule has 1 saturated heterocycles. The molecule has 1 aliphatic rings. The second-order valence-electron chi connectivity index (χ2n) is 5.72. The first kappa shape index (κ1) is 14.5. The fraction of sp³-hybridized carbons (Fsp3) is 0.800. The predicted octanol–water partition coefficient (Wildman–Crippen LogP) is 2.04. The molecule has 2 unspecified atom stereocenters. The molecule has 1 aromatic rings. The highest BCUT2D eigenvalue weighted by Crippen LogP contribution is 2.15. The number of rotatable bonds is 4. The van der Waals surface area contributed by atoms with E-state index in [0.29, 0.717) is 12.1 Å². The molecule has 0 amide bonds. The summed E-state index contributed by atoms with van der Waals surface area (Å²) in [6.07, 6.45) is 2.25. The first-order valence-electron chi connectivity index (χ1n) is 7.67. The molecular formula is C15H28N4. The Labute approximate surface area is 117 Å². The lowest BCUT2D eigenvalue weighted by Crippen LogP contribution is -2.38. The van der Waals surface area contributed by atoms with E-state index in [1.54, 1.807) is 0 Å². The van der Waals surface area contributed by atoms with E-state index in [-0.39, 0.29) is 0 Å². The average Bonchev–Trinajstić information content (AvgIpc) is 2.72. The zero-order chi connectivity index (χ0) is 13.8. The number of nitrogens with one attached hydrogen (secondary N) is 1. The van der Waals surface area contributed by atoms with Gasteiger partial charge in [-0.25, -0.2) is 0 Å². The summed E-state index contributed by atoms with van der Waals surface area (Å²) in [7, 11) is 0. The Morgan fingerprint density at radius 3 is 2.84 bits per heavy atom. The Morgan fingerprint density at radius 2 is 2.16 bits per heavy atom. The molecule has 2 heterocycles. The van der Waals surface area contributed by atoms with Crippen LogP contribution in [0.15, 0.2) is 6.07 Å². The van der Waals surface area contributed by atoms with Crippen molar-refractivity contribution in [3.63, 3.8) is 0 Å². The summed E-state index contributed by atoms with van der Waals surface area (Å²) < 4.78 is 2.16. The number of nitrogens with zero attached hydrogens (tertiary/aromatic N) is 3. The van der Waals surface area contributed by atoms with Gasteiger partial charge in [0.1, 0.15) is 0 Å². The van der Waals surface area contributed by atoms with Gasteiger partial charge in [-0.05, 0) is 46.2 Å². The smallest absolute Gasteiger partial charge is 0.0625 e. The summed E-state index contributed by atoms with van der Waals surface area (Å²) >= 11 is 0. The van der Waals surface area contributed by atoms with Crippen molar-refractivity contribution in [2.75, 3.05) is 13.1 Å². The molecule has 0 aliphatic carbocycles. The molecule has 1 aliphatic heterocycles. The molecule has 0 aromatic carbocycles. The van der Waals surface area contributed by atoms with Crippen LogP contribution in [0.5, 0.6) is 0 Å². The Hall–Kier alpha value is -0.870. The standard InChI is InChI=1S/C15H28N4/c1-5-14-9-15(19(6-2)17-14)11-18-10-12(3)16-8-7-13(18)4/h9,12-13,16H,5-8,10-11H2,1-4H3. The van der Waals surface area contributed by atoms with Crippen molar-refractivity contribution in [3.05, 3.63) is 17.5 Å². The van der Waals surface area contributed by atoms with Crippen LogP contribution in [0.25, 0.3) is 0 Å². The van der Waals surface area contributed by atoms with Crippen LogP contribution >= 0.6 is 0 Å². The Balaban J connectivity index is 2.11. The van der Waals surface area contributed by atoms with Gasteiger partial charge >= 0.3 is 0 Å². The summed E-state index contributed by atoms with van der Waals surface area (Å²) in [5, 5.41) is 8.23. The molecule has 2 atom stereocenters. The summed E-state index contributed by atoms with van der Waals surface area (Å²) in [5.41, 5.74) is 2.57. The second kappa shape index (κ2) is 6.53. The SMILES string of the molecule is CCc1cc(CN2CC(C)NCCC2C)n(CC)n1. The summed E-state index contributed by atoms with van der Waals surface area (Å²) in [6.45, 7) is 13.2. The van der Waals surface area contributed by atoms with Gasteiger partial charge in [-0.2, -0.15) is 5.10 Å². The van der Waals surface area contributed by atoms with E-state index in [9.17, 15) is 0 Å². The Morgan fingerprint density at radius 1 is 1.37 bits per heavy atom. The molecule has 0 spiro atoms. The lowest BCUT2D eigenvalue weighted by Gasteiger charge is -2.28. The minimum absolute atomic E-state index is 0.577. The fourth-order valence-corrected chi connectivity index (χ4v) is 2.83. The quantitative estimate of drug-likeness (QED) is 0.903. The van der Waals surface area contributed by atoms with E-state index in [1.165, 1.54) is 17.8 Å². The van der Waals surface area contributed by atoms with Crippen LogP contribution < -0.4 is 5.32 Å². The highest BCUT2D eigenvalue weighted by atomic mass is 15.3. The molecule has 108 valence electrons. The lowest BCUT2D eigenvalue weighted by atomic mass is 10.2. The van der Waals surface area contributed by atoms with Crippen LogP contribution in [0, 0.1) is 0 Å². The van der Waals surface area contributed by atoms with E-state index >= 15 is 0 Å². The zero-order valence-electron chi connectivity index (χ0n) is 12.8. The van der Waals surface area contributed by atoms with Gasteiger partial charge < -0.3 is 5.32 Å². The molecule has 0 saturated carbocycles. The first-order chi connectivity index (χ1) is 9.13. The number of hydrogen-bond donors (Lipinski definition) is 1. The third kappa shape index (κ3) is 3.57. The topological polar surface area (TPSA) is 33.1 Å². The lowest BCUT2D eigenvalue weighted by molar-refractivity contribution is 0.193. The van der Waals surface area contributed by atoms with Gasteiger partial charge in [0.15, 0.2) is 0 Å². The van der Waals surface area contributed by atoms with E-state index in [0.717, 1.165) is 32.6 Å². The van der Waals surface area contributed by atoms with Crippen molar-refractivity contribution >= 4 is 0 Å². The highest BCUT2D eigenvalue weighted by Gasteiger charge is 2.21. The Bertz CT molecular complexity index is 399. The van der Waals surface area contributed by atoms with Crippen molar-refractivity contribution < 1.29 is 0 Å². The maximum absolute atomic E-state index is 4.65. The van der Waals surface area contributed by atoms with Gasteiger partial charge in [0.05, 0.1) is 11.4 Å². The molecule has 19 heavy (non-hydrogen) atoms. The van der Waals surface area contributed by atoms with Crippen LogP contribution in [0.3, 0.4) is 0 Å². The van der Waals surface area contributed by atoms with Crippen LogP contribution in [0.4, 0.5) is 0 Å². The van der Waals surface area contributed by atoms with Crippen molar-refractivity contribution in [1.29, 1.82) is 0 Å². The van der Waals surface area contributed by atoms with Crippen LogP contribution in [-0.4, -0.2) is 39.9 Å². The third-order valence-corrected chi connectivity index (χ3v) is 4.13. The first-order valence-corrected chi connectivity index (χ1v) is 7.67. The van der Waals surface area contributed by atoms with E-state index < -0.39 is 0 Å². The zero-order valence-corrected chi connectivity index (χ0v) is 12.8. The van der Waals surface area contributed by atoms with E-state index in [4.69, 9.17) is 0 Å². The van der Waals surface area contributed by atoms with Gasteiger partial charge in [0.2, 0.25) is 0 Å². The number of aryl methyl sites for hydroxylation is 2. The maximum Gasteiger partial charge on any atom is 0.0625 e. The third-order valence-electron chi connectivity index (χ3n) is 4.13. The predicted molar refractivity (Wildman–Crippen MR) is 79.2 cm³/mol. The van der Waals surface area contributed by atoms with Gasteiger partial charge in [-0.3, -0.25) is 9.58 Å². The molecule has 1 fully saturated rings. The van der Waals surface area contributed by atoms with Gasteiger partial charge in [-0.15, -0.1) is 0 Å². The number of aromatic nitrogens is 2. The minimum Gasteiger partial charge on any atom is -0.313 e. The summed E-state index contributed by atoms with van der Waals surface area (Å²) in [5.74, 6) is 0. The average molecular weight is 264 g/mol. The molecule has 2 rings (SSSR count). The van der Waals surface area contributed by atoms with Gasteiger partial charge in [-0.1, -0.05) is 6.92 Å². The largest absolute Gasteiger partial charge is 0.313 e. The van der Waals surface area contributed by atoms with Crippen molar-refractivity contribution in [2.45, 2.75) is 65.7 Å². The highest BCUT2D eigenvalue weighted by molar-refractivity contribution is 5.10. The van der Waals surface area contributed by atoms with Gasteiger partial charge in [0, 0.05) is 31.7 Å². The summed E-state index contributed by atoms with van der Waals surface area (Å²) in [6, 6.07) is 3.50. The Kier molecular flexibility index (Phi) is 4.99. The maximum atomic E-state index is 4.65. The second-order valence-corrected chi connectivity index (χ2v) is 5.72. The monoisotopic (exact) mass is 264 g/mol. The molecule has 0 radical (unpaired) electrons. The summed E-state index contributed by atoms with van der Waals surface area (Å²) in [4.78, 5) is 2.59. The molecular weight excluding hydrogens is 236 g/mol. The fourth-order valence-electron chi connectivity index (χ4n) is 2.83. The van der Waals surface area contributed by atoms with E-state index in [1.807, 2.05) is 0 Å². The van der Waals surface area contributed by atoms with E-state index in [2.05, 4.69) is 53.8 Å². The normalized spacial score (nSPS) is 25.5. The molecule has 4 nitrogen and oxygen atoms in total.